The van der Waals surface area contributed by atoms with Crippen LogP contribution in [0.2, 0.25) is 0 Å². The molecule has 7 heteroatoms. The van der Waals surface area contributed by atoms with E-state index in [2.05, 4.69) is 17.6 Å². The van der Waals surface area contributed by atoms with E-state index in [9.17, 15) is 14.4 Å². The molecule has 0 aromatic heterocycles. The number of primary amides is 1. The normalized spacial score (nSPS) is 13.6. The molecule has 5 N–H and O–H groups in total. The highest BCUT2D eigenvalue weighted by molar-refractivity contribution is 5.91. The fraction of sp³-hybridized carbons (Fsp3) is 0.750. The molecule has 0 saturated heterocycles. The third kappa shape index (κ3) is 7.40. The van der Waals surface area contributed by atoms with E-state index in [4.69, 9.17) is 10.8 Å². The van der Waals surface area contributed by atoms with Gasteiger partial charge in [-0.2, -0.15) is 0 Å². The van der Waals surface area contributed by atoms with Gasteiger partial charge in [0.15, 0.2) is 0 Å². The second-order valence-corrected chi connectivity index (χ2v) is 4.40. The molecule has 0 fully saturated rings. The Hall–Kier alpha value is -1.63. The highest BCUT2D eigenvalue weighted by Crippen LogP contribution is 2.04. The highest BCUT2D eigenvalue weighted by atomic mass is 16.4. The molecule has 110 valence electrons. The topological polar surface area (TPSA) is 122 Å². The lowest BCUT2D eigenvalue weighted by Crippen LogP contribution is -2.51. The van der Waals surface area contributed by atoms with Crippen LogP contribution in [0.1, 0.15) is 39.0 Å². The Labute approximate surface area is 112 Å². The summed E-state index contributed by atoms with van der Waals surface area (Å²) in [7, 11) is 1.65. The second kappa shape index (κ2) is 9.32. The maximum absolute atomic E-state index is 11.9. The molecule has 0 aromatic rings. The lowest BCUT2D eigenvalue weighted by molar-refractivity contribution is -0.140. The third-order valence-electron chi connectivity index (χ3n) is 2.80. The Balaban J connectivity index is 4.41. The zero-order valence-electron chi connectivity index (χ0n) is 11.4. The van der Waals surface area contributed by atoms with Crippen molar-refractivity contribution >= 4 is 17.8 Å². The fourth-order valence-corrected chi connectivity index (χ4v) is 1.67. The van der Waals surface area contributed by atoms with Crippen LogP contribution in [0.4, 0.5) is 0 Å². The summed E-state index contributed by atoms with van der Waals surface area (Å²) in [5.41, 5.74) is 5.06. The van der Waals surface area contributed by atoms with Crippen LogP contribution in [0.25, 0.3) is 0 Å². The van der Waals surface area contributed by atoms with E-state index in [-0.39, 0.29) is 0 Å². The number of nitrogens with one attached hydrogen (secondary N) is 2. The Morgan fingerprint density at radius 1 is 1.21 bits per heavy atom. The Morgan fingerprint density at radius 3 is 2.26 bits per heavy atom. The van der Waals surface area contributed by atoms with Gasteiger partial charge in [-0.3, -0.25) is 14.4 Å². The van der Waals surface area contributed by atoms with E-state index >= 15 is 0 Å². The lowest BCUT2D eigenvalue weighted by Gasteiger charge is -2.19. The van der Waals surface area contributed by atoms with E-state index in [0.29, 0.717) is 6.42 Å². The van der Waals surface area contributed by atoms with E-state index < -0.39 is 36.3 Å². The van der Waals surface area contributed by atoms with Crippen LogP contribution >= 0.6 is 0 Å². The van der Waals surface area contributed by atoms with Crippen LogP contribution in [0.5, 0.6) is 0 Å². The van der Waals surface area contributed by atoms with Crippen molar-refractivity contribution < 1.29 is 19.5 Å². The van der Waals surface area contributed by atoms with Gasteiger partial charge < -0.3 is 21.5 Å². The molecule has 2 atom stereocenters. The monoisotopic (exact) mass is 273 g/mol. The van der Waals surface area contributed by atoms with Crippen LogP contribution in [0.3, 0.4) is 0 Å². The first kappa shape index (κ1) is 17.4. The molecule has 19 heavy (non-hydrogen) atoms. The van der Waals surface area contributed by atoms with Gasteiger partial charge in [-0.1, -0.05) is 26.2 Å². The molecular formula is C12H23N3O4. The number of unbranched alkanes of at least 4 members (excludes halogenated alkanes) is 2. The molecule has 0 spiro atoms. The molecule has 0 bridgehead atoms. The average Bonchev–Trinajstić information content (AvgIpc) is 2.33. The number of hydrogen-bond donors (Lipinski definition) is 4. The quantitative estimate of drug-likeness (QED) is 0.403. The van der Waals surface area contributed by atoms with Gasteiger partial charge >= 0.3 is 5.97 Å². The van der Waals surface area contributed by atoms with E-state index in [1.165, 1.54) is 0 Å². The predicted octanol–water partition coefficient (Wildman–Crippen LogP) is -0.400. The van der Waals surface area contributed by atoms with Crippen LogP contribution in [0, 0.1) is 0 Å². The summed E-state index contributed by atoms with van der Waals surface area (Å²) >= 11 is 0. The number of amides is 2. The Morgan fingerprint density at radius 2 is 1.84 bits per heavy atom. The van der Waals surface area contributed by atoms with Crippen molar-refractivity contribution in [2.45, 2.75) is 51.1 Å². The first-order chi connectivity index (χ1) is 8.92. The number of rotatable bonds is 10. The SMILES string of the molecule is CCCCCC(NC)C(=O)NC(CC(=O)O)C(N)=O. The second-order valence-electron chi connectivity index (χ2n) is 4.40. The first-order valence-corrected chi connectivity index (χ1v) is 6.41. The molecule has 0 aliphatic rings. The molecule has 0 aliphatic heterocycles. The summed E-state index contributed by atoms with van der Waals surface area (Å²) in [4.78, 5) is 33.5. The number of likely N-dealkylation sites (N-methyl/N-ethyl adjacent to an activating group) is 1. The van der Waals surface area contributed by atoms with Gasteiger partial charge in [-0.15, -0.1) is 0 Å². The molecule has 0 aromatic carbocycles. The zero-order valence-corrected chi connectivity index (χ0v) is 11.4. The summed E-state index contributed by atoms with van der Waals surface area (Å²) in [6, 6.07) is -1.62. The maximum atomic E-state index is 11.9. The predicted molar refractivity (Wildman–Crippen MR) is 70.4 cm³/mol. The molecular weight excluding hydrogens is 250 g/mol. The van der Waals surface area contributed by atoms with Crippen molar-refractivity contribution in [1.82, 2.24) is 10.6 Å². The molecule has 0 saturated carbocycles. The number of carboxylic acid groups (broad SMARTS) is 1. The summed E-state index contributed by atoms with van der Waals surface area (Å²) in [5, 5.41) is 13.9. The van der Waals surface area contributed by atoms with Gasteiger partial charge in [0.05, 0.1) is 12.5 Å². The van der Waals surface area contributed by atoms with Gasteiger partial charge in [0.1, 0.15) is 6.04 Å². The molecule has 0 heterocycles. The van der Waals surface area contributed by atoms with Crippen molar-refractivity contribution in [2.75, 3.05) is 7.05 Å². The van der Waals surface area contributed by atoms with Gasteiger partial charge in [0.25, 0.3) is 0 Å². The summed E-state index contributed by atoms with van der Waals surface area (Å²) < 4.78 is 0. The Bertz CT molecular complexity index is 320. The standard InChI is InChI=1S/C12H23N3O4/c1-3-4-5-6-8(14-2)12(19)15-9(11(13)18)7-10(16)17/h8-9,14H,3-7H2,1-2H3,(H2,13,18)(H,15,19)(H,16,17). The largest absolute Gasteiger partial charge is 0.481 e. The molecule has 0 aliphatic carbocycles. The van der Waals surface area contributed by atoms with Crippen molar-refractivity contribution in [1.29, 1.82) is 0 Å². The lowest BCUT2D eigenvalue weighted by atomic mass is 10.1. The molecule has 0 rings (SSSR count). The summed E-state index contributed by atoms with van der Waals surface area (Å²) in [6.07, 6.45) is 3.07. The minimum atomic E-state index is -1.18. The maximum Gasteiger partial charge on any atom is 0.305 e. The van der Waals surface area contributed by atoms with Crippen molar-refractivity contribution in [3.05, 3.63) is 0 Å². The first-order valence-electron chi connectivity index (χ1n) is 6.41. The average molecular weight is 273 g/mol. The highest BCUT2D eigenvalue weighted by Gasteiger charge is 2.24. The number of carbonyl (C=O) groups excluding carboxylic acids is 2. The minimum absolute atomic E-state index is 0.399. The third-order valence-corrected chi connectivity index (χ3v) is 2.80. The fourth-order valence-electron chi connectivity index (χ4n) is 1.67. The van der Waals surface area contributed by atoms with Gasteiger partial charge in [0.2, 0.25) is 11.8 Å². The van der Waals surface area contributed by atoms with E-state index in [1.807, 2.05) is 0 Å². The zero-order chi connectivity index (χ0) is 14.8. The molecule has 7 nitrogen and oxygen atoms in total. The number of aliphatic carboxylic acids is 1. The molecule has 0 radical (unpaired) electrons. The number of carbonyl (C=O) groups is 3. The van der Waals surface area contributed by atoms with Crippen molar-refractivity contribution in [2.24, 2.45) is 5.73 Å². The number of carboxylic acids is 1. The van der Waals surface area contributed by atoms with Gasteiger partial charge in [0, 0.05) is 0 Å². The van der Waals surface area contributed by atoms with Crippen LogP contribution in [-0.2, 0) is 14.4 Å². The smallest absolute Gasteiger partial charge is 0.305 e. The van der Waals surface area contributed by atoms with Crippen molar-refractivity contribution in [3.8, 4) is 0 Å². The van der Waals surface area contributed by atoms with Crippen molar-refractivity contribution in [3.63, 3.8) is 0 Å². The van der Waals surface area contributed by atoms with E-state index in [1.54, 1.807) is 7.05 Å². The van der Waals surface area contributed by atoms with Crippen LogP contribution < -0.4 is 16.4 Å². The van der Waals surface area contributed by atoms with Gasteiger partial charge in [-0.25, -0.2) is 0 Å². The van der Waals surface area contributed by atoms with E-state index in [0.717, 1.165) is 19.3 Å². The minimum Gasteiger partial charge on any atom is -0.481 e. The van der Waals surface area contributed by atoms with Gasteiger partial charge in [-0.05, 0) is 13.5 Å². The molecule has 2 amide bonds. The van der Waals surface area contributed by atoms with Crippen LogP contribution in [0.15, 0.2) is 0 Å². The summed E-state index contributed by atoms with van der Waals surface area (Å²) in [6.45, 7) is 2.06. The summed E-state index contributed by atoms with van der Waals surface area (Å²) in [5.74, 6) is -2.43. The number of hydrogen-bond acceptors (Lipinski definition) is 4. The number of nitrogens with two attached hydrogens (primary N) is 1. The van der Waals surface area contributed by atoms with Crippen LogP contribution in [-0.4, -0.2) is 42.0 Å². The molecule has 2 unspecified atom stereocenters. The Kier molecular flexibility index (Phi) is 8.52.